The Morgan fingerprint density at radius 3 is 2.48 bits per heavy atom. The Balaban J connectivity index is 1.77. The van der Waals surface area contributed by atoms with E-state index in [9.17, 15) is 4.79 Å². The fraction of sp³-hybridized carbons (Fsp3) is 0.350. The minimum Gasteiger partial charge on any atom is -0.399 e. The highest BCUT2D eigenvalue weighted by Gasteiger charge is 2.55. The van der Waals surface area contributed by atoms with Crippen LogP contribution in [-0.2, 0) is 16.6 Å². The summed E-state index contributed by atoms with van der Waals surface area (Å²) in [7, 11) is 0. The number of nitrogens with two attached hydrogens (primary N) is 2. The van der Waals surface area contributed by atoms with E-state index < -0.39 is 0 Å². The molecule has 0 aromatic heterocycles. The third-order valence-corrected chi connectivity index (χ3v) is 6.30. The third-order valence-electron chi connectivity index (χ3n) is 6.30. The first-order valence-electron chi connectivity index (χ1n) is 8.45. The van der Waals surface area contributed by atoms with Gasteiger partial charge in [0.05, 0.1) is 5.41 Å². The van der Waals surface area contributed by atoms with E-state index in [1.807, 2.05) is 18.2 Å². The van der Waals surface area contributed by atoms with Gasteiger partial charge in [-0.3, -0.25) is 4.79 Å². The van der Waals surface area contributed by atoms with Gasteiger partial charge in [-0.2, -0.15) is 0 Å². The molecule has 3 nitrogen and oxygen atoms in total. The van der Waals surface area contributed by atoms with Crippen LogP contribution in [0.3, 0.4) is 0 Å². The number of hydrogen-bond donors (Lipinski definition) is 2. The van der Waals surface area contributed by atoms with E-state index in [1.54, 1.807) is 0 Å². The fourth-order valence-corrected chi connectivity index (χ4v) is 5.24. The van der Waals surface area contributed by atoms with Crippen LogP contribution >= 0.6 is 0 Å². The van der Waals surface area contributed by atoms with Gasteiger partial charge in [0.1, 0.15) is 5.78 Å². The van der Waals surface area contributed by atoms with Crippen molar-refractivity contribution >= 4 is 17.2 Å². The highest BCUT2D eigenvalue weighted by Crippen LogP contribution is 2.56. The molecule has 0 radical (unpaired) electrons. The van der Waals surface area contributed by atoms with Crippen LogP contribution in [0.5, 0.6) is 0 Å². The predicted molar refractivity (Wildman–Crippen MR) is 92.2 cm³/mol. The van der Waals surface area contributed by atoms with Crippen LogP contribution in [0.1, 0.15) is 42.4 Å². The van der Waals surface area contributed by atoms with Crippen LogP contribution in [0, 0.1) is 5.92 Å². The zero-order chi connectivity index (χ0) is 15.8. The number of carbonyl (C=O) groups is 1. The van der Waals surface area contributed by atoms with Crippen LogP contribution in [0.4, 0.5) is 11.4 Å². The first-order chi connectivity index (χ1) is 11.1. The molecule has 4 N–H and O–H groups in total. The minimum absolute atomic E-state index is 0.268. The largest absolute Gasteiger partial charge is 0.399 e. The second-order valence-corrected chi connectivity index (χ2v) is 7.37. The molecule has 2 saturated carbocycles. The summed E-state index contributed by atoms with van der Waals surface area (Å²) in [6.45, 7) is 0. The summed E-state index contributed by atoms with van der Waals surface area (Å²) < 4.78 is 0. The van der Waals surface area contributed by atoms with Crippen LogP contribution in [0.25, 0.3) is 11.1 Å². The molecule has 0 saturated heterocycles. The average molecular weight is 304 g/mol. The lowest BCUT2D eigenvalue weighted by molar-refractivity contribution is -0.122. The van der Waals surface area contributed by atoms with E-state index in [0.717, 1.165) is 49.0 Å². The van der Waals surface area contributed by atoms with Gasteiger partial charge in [0, 0.05) is 17.3 Å². The summed E-state index contributed by atoms with van der Waals surface area (Å²) in [5.74, 6) is 0.706. The number of ketones is 1. The van der Waals surface area contributed by atoms with Gasteiger partial charge in [0.2, 0.25) is 0 Å². The molecule has 3 aliphatic carbocycles. The Bertz CT molecular complexity index is 860. The summed E-state index contributed by atoms with van der Waals surface area (Å²) in [4.78, 5) is 12.9. The van der Waals surface area contributed by atoms with Crippen LogP contribution in [-0.4, -0.2) is 5.78 Å². The number of fused-ring (bicyclic) bond motifs is 5. The number of hydrogen-bond acceptors (Lipinski definition) is 3. The smallest absolute Gasteiger partial charge is 0.146 e. The molecule has 5 rings (SSSR count). The summed E-state index contributed by atoms with van der Waals surface area (Å²) in [6.07, 6.45) is 4.86. The van der Waals surface area contributed by atoms with Crippen LogP contribution in [0.2, 0.25) is 0 Å². The van der Waals surface area contributed by atoms with Crippen molar-refractivity contribution in [2.45, 2.75) is 37.5 Å². The lowest BCUT2D eigenvalue weighted by Crippen LogP contribution is -2.30. The molecule has 116 valence electrons. The summed E-state index contributed by atoms with van der Waals surface area (Å²) in [5, 5.41) is 0. The zero-order valence-electron chi connectivity index (χ0n) is 13.1. The van der Waals surface area contributed by atoms with E-state index >= 15 is 0 Å². The Hall–Kier alpha value is -2.29. The predicted octanol–water partition coefficient (Wildman–Crippen LogP) is 3.43. The Morgan fingerprint density at radius 1 is 1.00 bits per heavy atom. The van der Waals surface area contributed by atoms with E-state index in [0.29, 0.717) is 5.78 Å². The van der Waals surface area contributed by atoms with Crippen molar-refractivity contribution in [3.63, 3.8) is 0 Å². The molecule has 2 bridgehead atoms. The molecule has 2 aromatic carbocycles. The molecular weight excluding hydrogens is 284 g/mol. The highest BCUT2D eigenvalue weighted by atomic mass is 16.1. The van der Waals surface area contributed by atoms with Gasteiger partial charge in [-0.05, 0) is 78.1 Å². The quantitative estimate of drug-likeness (QED) is 0.677. The molecule has 3 heteroatoms. The maximum absolute atomic E-state index is 12.9. The van der Waals surface area contributed by atoms with Gasteiger partial charge >= 0.3 is 0 Å². The number of anilines is 2. The number of carbonyl (C=O) groups excluding carboxylic acids is 1. The van der Waals surface area contributed by atoms with E-state index in [4.69, 9.17) is 11.5 Å². The molecule has 0 unspecified atom stereocenters. The van der Waals surface area contributed by atoms with Crippen molar-refractivity contribution in [2.24, 2.45) is 5.92 Å². The summed E-state index contributed by atoms with van der Waals surface area (Å²) in [5.41, 5.74) is 19.8. The highest BCUT2D eigenvalue weighted by molar-refractivity contribution is 5.99. The van der Waals surface area contributed by atoms with Crippen LogP contribution in [0.15, 0.2) is 30.3 Å². The van der Waals surface area contributed by atoms with Crippen molar-refractivity contribution in [1.29, 1.82) is 0 Å². The van der Waals surface area contributed by atoms with Gasteiger partial charge in [0.15, 0.2) is 0 Å². The monoisotopic (exact) mass is 304 g/mol. The number of Topliss-reactive ketones (excluding diaryl/α,β-unsaturated/α-hetero) is 1. The lowest BCUT2D eigenvalue weighted by Gasteiger charge is -2.29. The molecule has 2 fully saturated rings. The van der Waals surface area contributed by atoms with Crippen molar-refractivity contribution in [3.05, 3.63) is 47.0 Å². The topological polar surface area (TPSA) is 69.1 Å². The number of nitrogen functional groups attached to an aromatic ring is 2. The molecule has 0 amide bonds. The standard InChI is InChI=1S/C20H20N2O/c21-13-2-1-12-9-16-14(15(12)10-13)3-4-17(22)18(16)20-7-5-11(6-8-20)19(20)23/h1-4,10-11H,5-9,21-22H2. The maximum Gasteiger partial charge on any atom is 0.146 e. The molecule has 23 heavy (non-hydrogen) atoms. The maximum atomic E-state index is 12.9. The first-order valence-corrected chi connectivity index (χ1v) is 8.45. The van der Waals surface area contributed by atoms with Crippen molar-refractivity contribution in [2.75, 3.05) is 11.5 Å². The third kappa shape index (κ3) is 1.52. The molecule has 0 heterocycles. The van der Waals surface area contributed by atoms with E-state index in [1.165, 1.54) is 22.3 Å². The van der Waals surface area contributed by atoms with Crippen LogP contribution < -0.4 is 11.5 Å². The van der Waals surface area contributed by atoms with Gasteiger partial charge in [0.25, 0.3) is 0 Å². The zero-order valence-corrected chi connectivity index (χ0v) is 13.1. The van der Waals surface area contributed by atoms with E-state index in [-0.39, 0.29) is 11.3 Å². The normalized spacial score (nSPS) is 27.3. The lowest BCUT2D eigenvalue weighted by atomic mass is 9.73. The SMILES string of the molecule is Nc1ccc2c(c1)-c1ccc(N)c(C34CCC(CC3)C4=O)c1C2. The van der Waals surface area contributed by atoms with Crippen molar-refractivity contribution in [1.82, 2.24) is 0 Å². The fourth-order valence-electron chi connectivity index (χ4n) is 5.24. The average Bonchev–Trinajstić information content (AvgIpc) is 3.16. The Morgan fingerprint density at radius 2 is 1.78 bits per heavy atom. The van der Waals surface area contributed by atoms with E-state index in [2.05, 4.69) is 12.1 Å². The molecule has 0 spiro atoms. The molecule has 0 aliphatic heterocycles. The van der Waals surface area contributed by atoms with Gasteiger partial charge < -0.3 is 11.5 Å². The number of benzene rings is 2. The first kappa shape index (κ1) is 13.2. The van der Waals surface area contributed by atoms with Gasteiger partial charge in [-0.1, -0.05) is 12.1 Å². The molecule has 0 atom stereocenters. The van der Waals surface area contributed by atoms with Crippen molar-refractivity contribution < 1.29 is 4.79 Å². The Kier molecular flexibility index (Phi) is 2.39. The minimum atomic E-state index is -0.312. The summed E-state index contributed by atoms with van der Waals surface area (Å²) in [6, 6.07) is 10.2. The summed E-state index contributed by atoms with van der Waals surface area (Å²) >= 11 is 0. The molecule has 2 aromatic rings. The second-order valence-electron chi connectivity index (χ2n) is 7.37. The Labute approximate surface area is 135 Å². The number of rotatable bonds is 1. The van der Waals surface area contributed by atoms with Crippen molar-refractivity contribution in [3.8, 4) is 11.1 Å². The second kappa shape index (κ2) is 4.16. The van der Waals surface area contributed by atoms with Gasteiger partial charge in [-0.25, -0.2) is 0 Å². The molecular formula is C20H20N2O. The van der Waals surface area contributed by atoms with Gasteiger partial charge in [-0.15, -0.1) is 0 Å². The molecule has 3 aliphatic rings.